The minimum atomic E-state index is -0.145. The van der Waals surface area contributed by atoms with Crippen molar-refractivity contribution in [2.24, 2.45) is 10.9 Å². The van der Waals surface area contributed by atoms with E-state index >= 15 is 0 Å². The summed E-state index contributed by atoms with van der Waals surface area (Å²) in [6, 6.07) is -0.0891. The lowest BCUT2D eigenvalue weighted by Gasteiger charge is -2.25. The second kappa shape index (κ2) is 6.04. The molecule has 7 heteroatoms. The SMILES string of the molecule is CCn1ccnc(N(C)C(C)CC(N)=NO)c1=O. The molecular formula is C11H19N5O2. The van der Waals surface area contributed by atoms with Crippen molar-refractivity contribution in [3.63, 3.8) is 0 Å². The Morgan fingerprint density at radius 1 is 1.72 bits per heavy atom. The quantitative estimate of drug-likeness (QED) is 0.339. The van der Waals surface area contributed by atoms with Crippen molar-refractivity contribution >= 4 is 11.7 Å². The van der Waals surface area contributed by atoms with Crippen LogP contribution in [-0.4, -0.2) is 33.7 Å². The number of aryl methyl sites for hydroxylation is 1. The zero-order valence-electron chi connectivity index (χ0n) is 10.9. The van der Waals surface area contributed by atoms with Gasteiger partial charge in [-0.1, -0.05) is 5.16 Å². The number of rotatable bonds is 5. The Balaban J connectivity index is 2.97. The summed E-state index contributed by atoms with van der Waals surface area (Å²) in [5, 5.41) is 11.5. The van der Waals surface area contributed by atoms with Gasteiger partial charge in [0.25, 0.3) is 5.56 Å². The van der Waals surface area contributed by atoms with Crippen LogP contribution in [0.3, 0.4) is 0 Å². The van der Waals surface area contributed by atoms with E-state index in [1.54, 1.807) is 28.9 Å². The molecule has 0 bridgehead atoms. The lowest BCUT2D eigenvalue weighted by atomic mass is 10.2. The summed E-state index contributed by atoms with van der Waals surface area (Å²) < 4.78 is 1.58. The van der Waals surface area contributed by atoms with Gasteiger partial charge < -0.3 is 20.4 Å². The molecule has 1 unspecified atom stereocenters. The van der Waals surface area contributed by atoms with Crippen molar-refractivity contribution in [2.45, 2.75) is 32.9 Å². The van der Waals surface area contributed by atoms with Gasteiger partial charge in [-0.15, -0.1) is 0 Å². The molecule has 18 heavy (non-hydrogen) atoms. The number of oxime groups is 1. The Hall–Kier alpha value is -2.05. The molecule has 100 valence electrons. The Labute approximate surface area is 106 Å². The fourth-order valence-corrected chi connectivity index (χ4v) is 1.62. The lowest BCUT2D eigenvalue weighted by molar-refractivity contribution is 0.316. The first-order valence-electron chi connectivity index (χ1n) is 5.75. The molecule has 0 aromatic carbocycles. The van der Waals surface area contributed by atoms with Gasteiger partial charge in [0, 0.05) is 38.4 Å². The molecule has 3 N–H and O–H groups in total. The van der Waals surface area contributed by atoms with E-state index in [-0.39, 0.29) is 17.4 Å². The van der Waals surface area contributed by atoms with Crippen molar-refractivity contribution in [1.29, 1.82) is 0 Å². The molecule has 0 radical (unpaired) electrons. The molecule has 1 rings (SSSR count). The summed E-state index contributed by atoms with van der Waals surface area (Å²) in [7, 11) is 1.76. The molecule has 0 aliphatic heterocycles. The van der Waals surface area contributed by atoms with Crippen LogP contribution in [0.4, 0.5) is 5.82 Å². The highest BCUT2D eigenvalue weighted by atomic mass is 16.4. The van der Waals surface area contributed by atoms with Gasteiger partial charge in [-0.3, -0.25) is 4.79 Å². The number of aromatic nitrogens is 2. The number of nitrogens with zero attached hydrogens (tertiary/aromatic N) is 4. The molecule has 1 heterocycles. The molecule has 0 spiro atoms. The second-order valence-corrected chi connectivity index (χ2v) is 4.10. The normalized spacial score (nSPS) is 13.4. The lowest BCUT2D eigenvalue weighted by Crippen LogP contribution is -2.38. The van der Waals surface area contributed by atoms with E-state index in [9.17, 15) is 4.79 Å². The average Bonchev–Trinajstić information content (AvgIpc) is 2.38. The molecule has 0 fully saturated rings. The molecule has 0 amide bonds. The molecule has 0 aliphatic carbocycles. The molecule has 1 aromatic rings. The zero-order chi connectivity index (χ0) is 13.7. The summed E-state index contributed by atoms with van der Waals surface area (Å²) in [5.74, 6) is 0.485. The molecule has 1 atom stereocenters. The van der Waals surface area contributed by atoms with Crippen LogP contribution in [0.15, 0.2) is 22.3 Å². The second-order valence-electron chi connectivity index (χ2n) is 4.10. The van der Waals surface area contributed by atoms with E-state index in [1.807, 2.05) is 13.8 Å². The van der Waals surface area contributed by atoms with Gasteiger partial charge in [0.1, 0.15) is 5.84 Å². The fraction of sp³-hybridized carbons (Fsp3) is 0.545. The molecule has 1 aromatic heterocycles. The van der Waals surface area contributed by atoms with Gasteiger partial charge >= 0.3 is 0 Å². The van der Waals surface area contributed by atoms with Crippen molar-refractivity contribution in [2.75, 3.05) is 11.9 Å². The summed E-state index contributed by atoms with van der Waals surface area (Å²) >= 11 is 0. The highest BCUT2D eigenvalue weighted by molar-refractivity contribution is 5.80. The number of hydrogen-bond donors (Lipinski definition) is 2. The standard InChI is InChI=1S/C11H19N5O2/c1-4-16-6-5-13-10(11(16)17)15(3)8(2)7-9(12)14-18/h5-6,8,18H,4,7H2,1-3H3,(H2,12,14). The topological polar surface area (TPSA) is 96.7 Å². The van der Waals surface area contributed by atoms with E-state index in [1.165, 1.54) is 0 Å². The monoisotopic (exact) mass is 253 g/mol. The minimum absolute atomic E-state index is 0.0891. The highest BCUT2D eigenvalue weighted by Gasteiger charge is 2.16. The first-order chi connectivity index (χ1) is 8.51. The van der Waals surface area contributed by atoms with Gasteiger partial charge in [-0.25, -0.2) is 4.98 Å². The Kier molecular flexibility index (Phi) is 4.70. The molecule has 0 aliphatic rings. The fourth-order valence-electron chi connectivity index (χ4n) is 1.62. The highest BCUT2D eigenvalue weighted by Crippen LogP contribution is 2.08. The predicted octanol–water partition coefficient (Wildman–Crippen LogP) is 0.224. The number of nitrogens with two attached hydrogens (primary N) is 1. The van der Waals surface area contributed by atoms with Crippen LogP contribution < -0.4 is 16.2 Å². The third kappa shape index (κ3) is 2.99. The number of hydrogen-bond acceptors (Lipinski definition) is 5. The van der Waals surface area contributed by atoms with Crippen molar-refractivity contribution in [3.8, 4) is 0 Å². The smallest absolute Gasteiger partial charge is 0.293 e. The Morgan fingerprint density at radius 2 is 2.39 bits per heavy atom. The molecule has 7 nitrogen and oxygen atoms in total. The van der Waals surface area contributed by atoms with Crippen LogP contribution in [0.25, 0.3) is 0 Å². The third-order valence-corrected chi connectivity index (χ3v) is 2.86. The maximum absolute atomic E-state index is 12.0. The van der Waals surface area contributed by atoms with Crippen LogP contribution in [0.1, 0.15) is 20.3 Å². The predicted molar refractivity (Wildman–Crippen MR) is 70.1 cm³/mol. The minimum Gasteiger partial charge on any atom is -0.409 e. The van der Waals surface area contributed by atoms with Crippen molar-refractivity contribution in [3.05, 3.63) is 22.7 Å². The van der Waals surface area contributed by atoms with E-state index in [0.29, 0.717) is 18.8 Å². The van der Waals surface area contributed by atoms with Crippen LogP contribution in [0, 0.1) is 0 Å². The van der Waals surface area contributed by atoms with Gasteiger partial charge in [0.15, 0.2) is 5.82 Å². The first kappa shape index (κ1) is 14.0. The maximum atomic E-state index is 12.0. The molecular weight excluding hydrogens is 234 g/mol. The van der Waals surface area contributed by atoms with E-state index in [2.05, 4.69) is 10.1 Å². The average molecular weight is 253 g/mol. The summed E-state index contributed by atoms with van der Waals surface area (Å²) in [4.78, 5) is 17.9. The third-order valence-electron chi connectivity index (χ3n) is 2.86. The summed E-state index contributed by atoms with van der Waals surface area (Å²) in [5.41, 5.74) is 5.31. The van der Waals surface area contributed by atoms with Gasteiger partial charge in [0.05, 0.1) is 0 Å². The Bertz CT molecular complexity index is 483. The zero-order valence-corrected chi connectivity index (χ0v) is 10.9. The van der Waals surface area contributed by atoms with Crippen LogP contribution in [-0.2, 0) is 6.54 Å². The van der Waals surface area contributed by atoms with E-state index in [0.717, 1.165) is 0 Å². The number of anilines is 1. The largest absolute Gasteiger partial charge is 0.409 e. The molecule has 0 saturated carbocycles. The van der Waals surface area contributed by atoms with Crippen molar-refractivity contribution < 1.29 is 5.21 Å². The van der Waals surface area contributed by atoms with Gasteiger partial charge in [0.2, 0.25) is 0 Å². The van der Waals surface area contributed by atoms with Gasteiger partial charge in [-0.05, 0) is 13.8 Å². The van der Waals surface area contributed by atoms with Crippen LogP contribution in [0.5, 0.6) is 0 Å². The molecule has 0 saturated heterocycles. The van der Waals surface area contributed by atoms with Gasteiger partial charge in [-0.2, -0.15) is 0 Å². The number of amidine groups is 1. The van der Waals surface area contributed by atoms with E-state index in [4.69, 9.17) is 10.9 Å². The van der Waals surface area contributed by atoms with Crippen LogP contribution >= 0.6 is 0 Å². The van der Waals surface area contributed by atoms with E-state index < -0.39 is 0 Å². The summed E-state index contributed by atoms with van der Waals surface area (Å²) in [6.45, 7) is 4.37. The Morgan fingerprint density at radius 3 is 2.94 bits per heavy atom. The maximum Gasteiger partial charge on any atom is 0.293 e. The summed E-state index contributed by atoms with van der Waals surface area (Å²) in [6.07, 6.45) is 3.59. The first-order valence-corrected chi connectivity index (χ1v) is 5.75. The van der Waals surface area contributed by atoms with Crippen LogP contribution in [0.2, 0.25) is 0 Å². The van der Waals surface area contributed by atoms with Crippen molar-refractivity contribution in [1.82, 2.24) is 9.55 Å².